The summed E-state index contributed by atoms with van der Waals surface area (Å²) in [5.74, 6) is -1.06. The maximum Gasteiger partial charge on any atom is 0.317 e. The summed E-state index contributed by atoms with van der Waals surface area (Å²) in [6, 6.07) is 0.0694. The van der Waals surface area contributed by atoms with E-state index in [9.17, 15) is 9.59 Å². The first kappa shape index (κ1) is 15.1. The molecule has 0 radical (unpaired) electrons. The van der Waals surface area contributed by atoms with Crippen LogP contribution in [-0.2, 0) is 9.53 Å². The zero-order valence-corrected chi connectivity index (χ0v) is 12.2. The van der Waals surface area contributed by atoms with Gasteiger partial charge in [0.2, 0.25) is 0 Å². The van der Waals surface area contributed by atoms with Crippen LogP contribution in [0.15, 0.2) is 0 Å². The number of nitrogens with one attached hydrogen (secondary N) is 1. The summed E-state index contributed by atoms with van der Waals surface area (Å²) in [5.41, 5.74) is -0.188. The van der Waals surface area contributed by atoms with E-state index in [0.717, 1.165) is 12.8 Å². The van der Waals surface area contributed by atoms with Gasteiger partial charge in [-0.3, -0.25) is 4.79 Å². The molecule has 20 heavy (non-hydrogen) atoms. The normalized spacial score (nSPS) is 27.1. The zero-order chi connectivity index (χ0) is 14.8. The summed E-state index contributed by atoms with van der Waals surface area (Å²) in [6.07, 6.45) is 2.73. The van der Waals surface area contributed by atoms with Gasteiger partial charge in [0.1, 0.15) is 0 Å². The molecule has 0 bridgehead atoms. The summed E-state index contributed by atoms with van der Waals surface area (Å²) in [6.45, 7) is 5.77. The fraction of sp³-hybridized carbons (Fsp3) is 0.857. The Morgan fingerprint density at radius 1 is 1.25 bits per heavy atom. The number of carbonyl (C=O) groups is 2. The molecule has 6 nitrogen and oxygen atoms in total. The highest BCUT2D eigenvalue weighted by Gasteiger charge is 2.32. The first-order valence-electron chi connectivity index (χ1n) is 7.29. The molecule has 0 aliphatic carbocycles. The largest absolute Gasteiger partial charge is 0.481 e. The molecule has 0 aromatic heterocycles. The van der Waals surface area contributed by atoms with Crippen molar-refractivity contribution < 1.29 is 19.4 Å². The number of rotatable bonds is 2. The Balaban J connectivity index is 1.79. The van der Waals surface area contributed by atoms with E-state index in [-0.39, 0.29) is 23.6 Å². The second-order valence-electron chi connectivity index (χ2n) is 6.35. The van der Waals surface area contributed by atoms with Crippen molar-refractivity contribution in [1.29, 1.82) is 0 Å². The monoisotopic (exact) mass is 284 g/mol. The van der Waals surface area contributed by atoms with Gasteiger partial charge in [-0.05, 0) is 39.5 Å². The molecule has 0 saturated carbocycles. The van der Waals surface area contributed by atoms with E-state index < -0.39 is 5.97 Å². The van der Waals surface area contributed by atoms with Crippen LogP contribution in [0.2, 0.25) is 0 Å². The molecule has 2 aliphatic rings. The first-order chi connectivity index (χ1) is 9.37. The summed E-state index contributed by atoms with van der Waals surface area (Å²) in [4.78, 5) is 24.8. The highest BCUT2D eigenvalue weighted by molar-refractivity contribution is 5.75. The van der Waals surface area contributed by atoms with Crippen LogP contribution < -0.4 is 5.32 Å². The van der Waals surface area contributed by atoms with Crippen molar-refractivity contribution in [3.8, 4) is 0 Å². The summed E-state index contributed by atoms with van der Waals surface area (Å²) in [5, 5.41) is 12.0. The zero-order valence-electron chi connectivity index (χ0n) is 12.2. The Bertz CT molecular complexity index is 375. The van der Waals surface area contributed by atoms with Crippen molar-refractivity contribution in [2.75, 3.05) is 19.7 Å². The Hall–Kier alpha value is -1.30. The fourth-order valence-corrected chi connectivity index (χ4v) is 2.95. The minimum atomic E-state index is -0.753. The number of hydrogen-bond donors (Lipinski definition) is 2. The van der Waals surface area contributed by atoms with Gasteiger partial charge in [0.25, 0.3) is 0 Å². The van der Waals surface area contributed by atoms with Crippen LogP contribution in [0.4, 0.5) is 4.79 Å². The molecular formula is C14H24N2O4. The van der Waals surface area contributed by atoms with E-state index >= 15 is 0 Å². The van der Waals surface area contributed by atoms with Gasteiger partial charge < -0.3 is 20.1 Å². The van der Waals surface area contributed by atoms with Gasteiger partial charge in [-0.2, -0.15) is 0 Å². The average molecular weight is 284 g/mol. The smallest absolute Gasteiger partial charge is 0.317 e. The number of urea groups is 1. The lowest BCUT2D eigenvalue weighted by atomic mass is 9.94. The van der Waals surface area contributed by atoms with Crippen LogP contribution in [0.5, 0.6) is 0 Å². The van der Waals surface area contributed by atoms with Crippen molar-refractivity contribution in [2.24, 2.45) is 5.92 Å². The maximum atomic E-state index is 12.2. The minimum absolute atomic E-state index is 0.0726. The van der Waals surface area contributed by atoms with Crippen LogP contribution in [0, 0.1) is 5.92 Å². The fourth-order valence-electron chi connectivity index (χ4n) is 2.95. The van der Waals surface area contributed by atoms with Crippen LogP contribution in [0.25, 0.3) is 0 Å². The predicted octanol–water partition coefficient (Wildman–Crippen LogP) is 1.45. The van der Waals surface area contributed by atoms with Crippen LogP contribution in [0.3, 0.4) is 0 Å². The lowest BCUT2D eigenvalue weighted by molar-refractivity contribution is -0.143. The van der Waals surface area contributed by atoms with Gasteiger partial charge in [0, 0.05) is 25.7 Å². The lowest BCUT2D eigenvalue weighted by Crippen LogP contribution is -2.52. The van der Waals surface area contributed by atoms with E-state index in [1.54, 1.807) is 4.90 Å². The van der Waals surface area contributed by atoms with Gasteiger partial charge in [-0.25, -0.2) is 4.79 Å². The van der Waals surface area contributed by atoms with Gasteiger partial charge in [-0.15, -0.1) is 0 Å². The number of carboxylic acid groups (broad SMARTS) is 1. The first-order valence-corrected chi connectivity index (χ1v) is 7.29. The summed E-state index contributed by atoms with van der Waals surface area (Å²) >= 11 is 0. The van der Waals surface area contributed by atoms with Crippen LogP contribution in [-0.4, -0.2) is 53.3 Å². The van der Waals surface area contributed by atoms with E-state index in [1.807, 2.05) is 13.8 Å². The Labute approximate surface area is 119 Å². The summed E-state index contributed by atoms with van der Waals surface area (Å²) < 4.78 is 5.63. The second-order valence-corrected chi connectivity index (χ2v) is 6.35. The van der Waals surface area contributed by atoms with Gasteiger partial charge in [0.05, 0.1) is 11.5 Å². The quantitative estimate of drug-likeness (QED) is 0.804. The third-order valence-corrected chi connectivity index (χ3v) is 4.16. The molecule has 0 aromatic carbocycles. The molecule has 2 fully saturated rings. The molecule has 1 unspecified atom stereocenters. The third-order valence-electron chi connectivity index (χ3n) is 4.16. The van der Waals surface area contributed by atoms with Crippen LogP contribution in [0.1, 0.15) is 39.5 Å². The molecule has 2 amide bonds. The van der Waals surface area contributed by atoms with Crippen molar-refractivity contribution in [1.82, 2.24) is 10.2 Å². The average Bonchev–Trinajstić information content (AvgIpc) is 2.37. The van der Waals surface area contributed by atoms with Crippen molar-refractivity contribution >= 4 is 12.0 Å². The van der Waals surface area contributed by atoms with Crippen LogP contribution >= 0.6 is 0 Å². The molecule has 0 aromatic rings. The summed E-state index contributed by atoms with van der Waals surface area (Å²) in [7, 11) is 0. The predicted molar refractivity (Wildman–Crippen MR) is 73.5 cm³/mol. The molecule has 2 rings (SSSR count). The Morgan fingerprint density at radius 2 is 1.90 bits per heavy atom. The molecule has 2 N–H and O–H groups in total. The molecule has 6 heteroatoms. The van der Waals surface area contributed by atoms with Gasteiger partial charge in [0.15, 0.2) is 0 Å². The Kier molecular flexibility index (Phi) is 4.52. The van der Waals surface area contributed by atoms with E-state index in [1.165, 1.54) is 0 Å². The van der Waals surface area contributed by atoms with Gasteiger partial charge in [-0.1, -0.05) is 0 Å². The number of carboxylic acids is 1. The van der Waals surface area contributed by atoms with Crippen molar-refractivity contribution in [2.45, 2.75) is 51.2 Å². The second kappa shape index (κ2) is 5.99. The number of piperidine rings is 1. The Morgan fingerprint density at radius 3 is 2.45 bits per heavy atom. The molecule has 0 spiro atoms. The highest BCUT2D eigenvalue weighted by atomic mass is 16.5. The highest BCUT2D eigenvalue weighted by Crippen LogP contribution is 2.24. The standard InChI is InChI=1S/C14H24N2O4/c1-14(2)9-11(5-8-20-14)15-13(19)16-6-3-10(4-7-16)12(17)18/h10-11H,3-9H2,1-2H3,(H,15,19)(H,17,18). The number of likely N-dealkylation sites (tertiary alicyclic amines) is 1. The maximum absolute atomic E-state index is 12.2. The number of nitrogens with zero attached hydrogens (tertiary/aromatic N) is 1. The molecule has 2 aliphatic heterocycles. The van der Waals surface area contributed by atoms with E-state index in [2.05, 4.69) is 5.32 Å². The molecule has 1 atom stereocenters. The number of hydrogen-bond acceptors (Lipinski definition) is 3. The number of ether oxygens (including phenoxy) is 1. The van der Waals surface area contributed by atoms with E-state index in [0.29, 0.717) is 32.5 Å². The number of aliphatic carboxylic acids is 1. The molecule has 2 saturated heterocycles. The van der Waals surface area contributed by atoms with Crippen molar-refractivity contribution in [3.63, 3.8) is 0 Å². The SMILES string of the molecule is CC1(C)CC(NC(=O)N2CCC(C(=O)O)CC2)CCO1. The van der Waals surface area contributed by atoms with Crippen molar-refractivity contribution in [3.05, 3.63) is 0 Å². The number of amides is 2. The molecule has 114 valence electrons. The lowest BCUT2D eigenvalue weighted by Gasteiger charge is -2.37. The third kappa shape index (κ3) is 3.85. The van der Waals surface area contributed by atoms with E-state index in [4.69, 9.17) is 9.84 Å². The minimum Gasteiger partial charge on any atom is -0.481 e. The van der Waals surface area contributed by atoms with Gasteiger partial charge >= 0.3 is 12.0 Å². The topological polar surface area (TPSA) is 78.9 Å². The molecular weight excluding hydrogens is 260 g/mol. The number of carbonyl (C=O) groups excluding carboxylic acids is 1. The molecule has 2 heterocycles.